The largest absolute Gasteiger partial charge is 0.455 e. The summed E-state index contributed by atoms with van der Waals surface area (Å²) in [6.07, 6.45) is 0.702. The van der Waals surface area contributed by atoms with Crippen LogP contribution in [-0.2, 0) is 6.42 Å². The summed E-state index contributed by atoms with van der Waals surface area (Å²) in [4.78, 5) is 0. The van der Waals surface area contributed by atoms with E-state index in [2.05, 4.69) is 15.9 Å². The van der Waals surface area contributed by atoms with Crippen molar-refractivity contribution in [2.45, 2.75) is 6.42 Å². The summed E-state index contributed by atoms with van der Waals surface area (Å²) in [6, 6.07) is 8.87. The van der Waals surface area contributed by atoms with Gasteiger partial charge in [-0.3, -0.25) is 0 Å². The first kappa shape index (κ1) is 15.9. The molecule has 0 radical (unpaired) electrons. The fraction of sp³-hybridized carbons (Fsp3) is 0.143. The zero-order chi connectivity index (χ0) is 14.7. The SMILES string of the molecule is NCCc1cc(Br)ccc1Oc1cc(Cl)c(Cl)cc1Cl. The lowest BCUT2D eigenvalue weighted by Crippen LogP contribution is -2.04. The first-order valence-electron chi connectivity index (χ1n) is 5.82. The van der Waals surface area contributed by atoms with Gasteiger partial charge in [0, 0.05) is 10.5 Å². The molecule has 0 aromatic heterocycles. The van der Waals surface area contributed by atoms with E-state index in [4.69, 9.17) is 45.3 Å². The molecule has 0 saturated heterocycles. The fourth-order valence-corrected chi connectivity index (χ4v) is 2.68. The summed E-state index contributed by atoms with van der Waals surface area (Å²) < 4.78 is 6.80. The van der Waals surface area contributed by atoms with Gasteiger partial charge in [0.05, 0.1) is 15.1 Å². The quantitative estimate of drug-likeness (QED) is 0.674. The van der Waals surface area contributed by atoms with Crippen LogP contribution in [0.1, 0.15) is 5.56 Å². The van der Waals surface area contributed by atoms with Crippen LogP contribution in [0.4, 0.5) is 0 Å². The Bertz CT molecular complexity index is 634. The molecule has 2 aromatic rings. The van der Waals surface area contributed by atoms with Crippen molar-refractivity contribution in [1.82, 2.24) is 0 Å². The highest BCUT2D eigenvalue weighted by Gasteiger charge is 2.11. The molecule has 0 aliphatic heterocycles. The van der Waals surface area contributed by atoms with Gasteiger partial charge in [-0.15, -0.1) is 0 Å². The molecule has 2 N–H and O–H groups in total. The molecular weight excluding hydrogens is 384 g/mol. The second kappa shape index (κ2) is 7.01. The fourth-order valence-electron chi connectivity index (χ4n) is 1.70. The Morgan fingerprint density at radius 2 is 1.65 bits per heavy atom. The zero-order valence-electron chi connectivity index (χ0n) is 10.3. The molecule has 20 heavy (non-hydrogen) atoms. The molecule has 0 aliphatic rings. The predicted molar refractivity (Wildman–Crippen MR) is 88.4 cm³/mol. The molecule has 0 unspecified atom stereocenters. The highest BCUT2D eigenvalue weighted by atomic mass is 79.9. The summed E-state index contributed by atoms with van der Waals surface area (Å²) in [6.45, 7) is 0.530. The van der Waals surface area contributed by atoms with Crippen LogP contribution in [0.5, 0.6) is 11.5 Å². The monoisotopic (exact) mass is 393 g/mol. The average molecular weight is 396 g/mol. The molecule has 0 saturated carbocycles. The third-order valence-corrected chi connectivity index (χ3v) is 4.14. The molecule has 0 bridgehead atoms. The van der Waals surface area contributed by atoms with Crippen molar-refractivity contribution in [1.29, 1.82) is 0 Å². The van der Waals surface area contributed by atoms with E-state index in [1.807, 2.05) is 18.2 Å². The van der Waals surface area contributed by atoms with Gasteiger partial charge >= 0.3 is 0 Å². The van der Waals surface area contributed by atoms with E-state index in [0.29, 0.717) is 39.5 Å². The maximum Gasteiger partial charge on any atom is 0.147 e. The van der Waals surface area contributed by atoms with Crippen molar-refractivity contribution in [2.24, 2.45) is 5.73 Å². The summed E-state index contributed by atoms with van der Waals surface area (Å²) in [7, 11) is 0. The van der Waals surface area contributed by atoms with Crippen molar-refractivity contribution in [2.75, 3.05) is 6.54 Å². The minimum Gasteiger partial charge on any atom is -0.455 e. The third kappa shape index (κ3) is 3.80. The highest BCUT2D eigenvalue weighted by Crippen LogP contribution is 2.37. The van der Waals surface area contributed by atoms with Crippen molar-refractivity contribution in [3.05, 3.63) is 55.4 Å². The van der Waals surface area contributed by atoms with Crippen molar-refractivity contribution < 1.29 is 4.74 Å². The molecule has 0 amide bonds. The Labute approximate surface area is 140 Å². The van der Waals surface area contributed by atoms with E-state index in [1.54, 1.807) is 12.1 Å². The second-order valence-electron chi connectivity index (χ2n) is 4.09. The van der Waals surface area contributed by atoms with Crippen LogP contribution in [0, 0.1) is 0 Å². The van der Waals surface area contributed by atoms with Crippen molar-refractivity contribution in [3.8, 4) is 11.5 Å². The van der Waals surface area contributed by atoms with Gasteiger partial charge in [-0.1, -0.05) is 50.7 Å². The van der Waals surface area contributed by atoms with Gasteiger partial charge < -0.3 is 10.5 Å². The molecule has 0 fully saturated rings. The van der Waals surface area contributed by atoms with E-state index >= 15 is 0 Å². The Kier molecular flexibility index (Phi) is 5.58. The van der Waals surface area contributed by atoms with Gasteiger partial charge in [0.15, 0.2) is 0 Å². The van der Waals surface area contributed by atoms with Gasteiger partial charge in [0.2, 0.25) is 0 Å². The summed E-state index contributed by atoms with van der Waals surface area (Å²) in [5.41, 5.74) is 6.60. The van der Waals surface area contributed by atoms with Crippen molar-refractivity contribution >= 4 is 50.7 Å². The summed E-state index contributed by atoms with van der Waals surface area (Å²) >= 11 is 21.4. The molecule has 106 valence electrons. The van der Waals surface area contributed by atoms with Crippen LogP contribution < -0.4 is 10.5 Å². The lowest BCUT2D eigenvalue weighted by atomic mass is 10.1. The predicted octanol–water partition coefficient (Wildman–Crippen LogP) is 5.70. The average Bonchev–Trinajstić information content (AvgIpc) is 2.39. The number of hydrogen-bond acceptors (Lipinski definition) is 2. The Balaban J connectivity index is 2.37. The second-order valence-corrected chi connectivity index (χ2v) is 6.23. The van der Waals surface area contributed by atoms with Crippen LogP contribution in [0.25, 0.3) is 0 Å². The minimum absolute atomic E-state index is 0.391. The van der Waals surface area contributed by atoms with E-state index in [9.17, 15) is 0 Å². The van der Waals surface area contributed by atoms with E-state index in [-0.39, 0.29) is 0 Å². The van der Waals surface area contributed by atoms with Crippen LogP contribution in [0.3, 0.4) is 0 Å². The van der Waals surface area contributed by atoms with Gasteiger partial charge in [-0.25, -0.2) is 0 Å². The number of ether oxygens (including phenoxy) is 1. The number of halogens is 4. The Morgan fingerprint density at radius 1 is 0.950 bits per heavy atom. The number of benzene rings is 2. The van der Waals surface area contributed by atoms with E-state index in [1.165, 1.54) is 0 Å². The van der Waals surface area contributed by atoms with Crippen LogP contribution in [-0.4, -0.2) is 6.54 Å². The molecule has 2 nitrogen and oxygen atoms in total. The lowest BCUT2D eigenvalue weighted by molar-refractivity contribution is 0.476. The van der Waals surface area contributed by atoms with Gasteiger partial charge in [-0.2, -0.15) is 0 Å². The molecule has 0 heterocycles. The molecule has 2 aromatic carbocycles. The summed E-state index contributed by atoms with van der Waals surface area (Å²) in [5.74, 6) is 1.15. The third-order valence-electron chi connectivity index (χ3n) is 2.63. The highest BCUT2D eigenvalue weighted by molar-refractivity contribution is 9.10. The van der Waals surface area contributed by atoms with Gasteiger partial charge in [-0.05, 0) is 42.8 Å². The van der Waals surface area contributed by atoms with Crippen molar-refractivity contribution in [3.63, 3.8) is 0 Å². The lowest BCUT2D eigenvalue weighted by Gasteiger charge is -2.13. The van der Waals surface area contributed by atoms with Crippen LogP contribution >= 0.6 is 50.7 Å². The molecular formula is C14H11BrCl3NO. The first-order chi connectivity index (χ1) is 9.51. The molecule has 0 aliphatic carbocycles. The summed E-state index contributed by atoms with van der Waals surface area (Å²) in [5, 5.41) is 1.19. The Hall–Kier alpha value is -0.450. The van der Waals surface area contributed by atoms with Gasteiger partial charge in [0.25, 0.3) is 0 Å². The van der Waals surface area contributed by atoms with Gasteiger partial charge in [0.1, 0.15) is 11.5 Å². The topological polar surface area (TPSA) is 35.2 Å². The van der Waals surface area contributed by atoms with Crippen LogP contribution in [0.2, 0.25) is 15.1 Å². The Morgan fingerprint density at radius 3 is 2.35 bits per heavy atom. The van der Waals surface area contributed by atoms with E-state index in [0.717, 1.165) is 10.0 Å². The number of hydrogen-bond donors (Lipinski definition) is 1. The molecule has 6 heteroatoms. The molecule has 2 rings (SSSR count). The first-order valence-corrected chi connectivity index (χ1v) is 7.75. The number of rotatable bonds is 4. The van der Waals surface area contributed by atoms with E-state index < -0.39 is 0 Å². The standard InChI is InChI=1S/C14H11BrCl3NO/c15-9-1-2-13(8(5-9)3-4-19)20-14-7-11(17)10(16)6-12(14)18/h1-2,5-7H,3-4,19H2. The smallest absolute Gasteiger partial charge is 0.147 e. The zero-order valence-corrected chi connectivity index (χ0v) is 14.2. The maximum atomic E-state index is 6.11. The minimum atomic E-state index is 0.391. The normalized spacial score (nSPS) is 10.7. The maximum absolute atomic E-state index is 6.11. The molecule has 0 atom stereocenters. The number of nitrogens with two attached hydrogens (primary N) is 1. The molecule has 0 spiro atoms. The van der Waals surface area contributed by atoms with Crippen LogP contribution in [0.15, 0.2) is 34.8 Å².